The van der Waals surface area contributed by atoms with Crippen molar-refractivity contribution in [1.29, 1.82) is 0 Å². The third kappa shape index (κ3) is 5.88. The summed E-state index contributed by atoms with van der Waals surface area (Å²) >= 11 is 0. The lowest BCUT2D eigenvalue weighted by Gasteiger charge is -2.21. The number of benzene rings is 1. The fraction of sp³-hybridized carbons (Fsp3) is 0.562. The molecule has 0 aliphatic carbocycles. The van der Waals surface area contributed by atoms with Gasteiger partial charge in [0.1, 0.15) is 0 Å². The summed E-state index contributed by atoms with van der Waals surface area (Å²) < 4.78 is 0. The Bertz CT molecular complexity index is 421. The summed E-state index contributed by atoms with van der Waals surface area (Å²) in [6, 6.07) is 8.21. The summed E-state index contributed by atoms with van der Waals surface area (Å²) in [5.74, 6) is 0.0903. The first-order valence-corrected chi connectivity index (χ1v) is 6.89. The highest BCUT2D eigenvalue weighted by Crippen LogP contribution is 2.16. The second-order valence-corrected chi connectivity index (χ2v) is 6.07. The van der Waals surface area contributed by atoms with E-state index in [2.05, 4.69) is 50.5 Å². The second-order valence-electron chi connectivity index (χ2n) is 6.07. The van der Waals surface area contributed by atoms with Crippen LogP contribution in [0, 0.1) is 6.92 Å². The van der Waals surface area contributed by atoms with Crippen molar-refractivity contribution >= 4 is 5.91 Å². The molecule has 0 heterocycles. The van der Waals surface area contributed by atoms with Crippen molar-refractivity contribution in [2.24, 2.45) is 0 Å². The molecule has 3 nitrogen and oxygen atoms in total. The molecule has 1 rings (SSSR count). The molecule has 3 heteroatoms. The fourth-order valence-electron chi connectivity index (χ4n) is 2.02. The van der Waals surface area contributed by atoms with Crippen molar-refractivity contribution < 1.29 is 4.79 Å². The third-order valence-corrected chi connectivity index (χ3v) is 3.04. The van der Waals surface area contributed by atoms with Gasteiger partial charge in [-0.15, -0.1) is 0 Å². The van der Waals surface area contributed by atoms with Crippen LogP contribution in [0.3, 0.4) is 0 Å². The van der Waals surface area contributed by atoms with E-state index in [4.69, 9.17) is 0 Å². The quantitative estimate of drug-likeness (QED) is 0.856. The molecule has 0 aliphatic heterocycles. The predicted octanol–water partition coefficient (Wildman–Crippen LogP) is 2.95. The van der Waals surface area contributed by atoms with E-state index in [1.807, 2.05) is 19.1 Å². The molecule has 0 radical (unpaired) electrons. The first-order valence-electron chi connectivity index (χ1n) is 6.89. The van der Waals surface area contributed by atoms with E-state index in [0.29, 0.717) is 13.0 Å². The van der Waals surface area contributed by atoms with Gasteiger partial charge >= 0.3 is 0 Å². The van der Waals surface area contributed by atoms with Crippen LogP contribution in [-0.4, -0.2) is 18.0 Å². The average molecular weight is 262 g/mol. The Morgan fingerprint density at radius 1 is 1.26 bits per heavy atom. The predicted molar refractivity (Wildman–Crippen MR) is 80.1 cm³/mol. The maximum atomic E-state index is 11.9. The van der Waals surface area contributed by atoms with E-state index in [-0.39, 0.29) is 17.5 Å². The minimum atomic E-state index is 0.0575. The van der Waals surface area contributed by atoms with Gasteiger partial charge in [-0.2, -0.15) is 0 Å². The van der Waals surface area contributed by atoms with Crippen LogP contribution >= 0.6 is 0 Å². The SMILES string of the molecule is Cc1ccccc1[C@@H](C)NC(=O)CCNC(C)(C)C. The van der Waals surface area contributed by atoms with Gasteiger partial charge in [-0.25, -0.2) is 0 Å². The van der Waals surface area contributed by atoms with Crippen molar-refractivity contribution in [3.63, 3.8) is 0 Å². The lowest BCUT2D eigenvalue weighted by Crippen LogP contribution is -2.38. The number of rotatable bonds is 5. The molecule has 1 atom stereocenters. The molecule has 0 saturated carbocycles. The van der Waals surface area contributed by atoms with Crippen LogP contribution in [-0.2, 0) is 4.79 Å². The summed E-state index contributed by atoms with van der Waals surface area (Å²) in [5.41, 5.74) is 2.45. The molecule has 1 aromatic carbocycles. The van der Waals surface area contributed by atoms with Crippen LogP contribution in [0.2, 0.25) is 0 Å². The van der Waals surface area contributed by atoms with Crippen LogP contribution in [0.1, 0.15) is 51.3 Å². The highest BCUT2D eigenvalue weighted by molar-refractivity contribution is 5.76. The van der Waals surface area contributed by atoms with Gasteiger partial charge in [0.05, 0.1) is 6.04 Å². The maximum absolute atomic E-state index is 11.9. The van der Waals surface area contributed by atoms with Crippen molar-refractivity contribution in [3.05, 3.63) is 35.4 Å². The molecule has 1 aromatic rings. The van der Waals surface area contributed by atoms with Crippen LogP contribution in [0.4, 0.5) is 0 Å². The van der Waals surface area contributed by atoms with Crippen LogP contribution < -0.4 is 10.6 Å². The highest BCUT2D eigenvalue weighted by atomic mass is 16.1. The molecular formula is C16H26N2O. The van der Waals surface area contributed by atoms with E-state index < -0.39 is 0 Å². The van der Waals surface area contributed by atoms with Crippen molar-refractivity contribution in [1.82, 2.24) is 10.6 Å². The van der Waals surface area contributed by atoms with Gasteiger partial charge in [0.2, 0.25) is 5.91 Å². The molecule has 0 unspecified atom stereocenters. The van der Waals surface area contributed by atoms with Crippen LogP contribution in [0.5, 0.6) is 0 Å². The zero-order chi connectivity index (χ0) is 14.5. The Morgan fingerprint density at radius 2 is 1.89 bits per heavy atom. The molecule has 0 aliphatic rings. The first kappa shape index (κ1) is 15.7. The molecule has 0 saturated heterocycles. The largest absolute Gasteiger partial charge is 0.350 e. The lowest BCUT2D eigenvalue weighted by atomic mass is 10.0. The minimum Gasteiger partial charge on any atom is -0.350 e. The first-order chi connectivity index (χ1) is 8.79. The number of carbonyl (C=O) groups excluding carboxylic acids is 1. The standard InChI is InChI=1S/C16H26N2O/c1-12-8-6-7-9-14(12)13(2)18-15(19)10-11-17-16(3,4)5/h6-9,13,17H,10-11H2,1-5H3,(H,18,19)/t13-/m1/s1. The molecule has 0 bridgehead atoms. The molecule has 1 amide bonds. The maximum Gasteiger partial charge on any atom is 0.221 e. The zero-order valence-electron chi connectivity index (χ0n) is 12.7. The summed E-state index contributed by atoms with van der Waals surface area (Å²) in [7, 11) is 0. The van der Waals surface area contributed by atoms with Gasteiger partial charge in [0, 0.05) is 18.5 Å². The monoisotopic (exact) mass is 262 g/mol. The molecule has 0 aromatic heterocycles. The van der Waals surface area contributed by atoms with Gasteiger partial charge in [-0.05, 0) is 45.7 Å². The van der Waals surface area contributed by atoms with Crippen molar-refractivity contribution in [3.8, 4) is 0 Å². The van der Waals surface area contributed by atoms with E-state index in [1.165, 1.54) is 11.1 Å². The number of hydrogen-bond acceptors (Lipinski definition) is 2. The molecular weight excluding hydrogens is 236 g/mol. The highest BCUT2D eigenvalue weighted by Gasteiger charge is 2.13. The molecule has 0 fully saturated rings. The summed E-state index contributed by atoms with van der Waals surface area (Å²) in [4.78, 5) is 11.9. The topological polar surface area (TPSA) is 41.1 Å². The van der Waals surface area contributed by atoms with E-state index in [0.717, 1.165) is 0 Å². The van der Waals surface area contributed by atoms with Crippen molar-refractivity contribution in [2.75, 3.05) is 6.54 Å². The van der Waals surface area contributed by atoms with Crippen LogP contribution in [0.25, 0.3) is 0 Å². The normalized spacial score (nSPS) is 13.1. The van der Waals surface area contributed by atoms with Gasteiger partial charge in [0.25, 0.3) is 0 Å². The lowest BCUT2D eigenvalue weighted by molar-refractivity contribution is -0.121. The Kier molecular flexibility index (Phi) is 5.55. The number of hydrogen-bond donors (Lipinski definition) is 2. The molecule has 106 valence electrons. The summed E-state index contributed by atoms with van der Waals surface area (Å²) in [5, 5.41) is 6.36. The van der Waals surface area contributed by atoms with Gasteiger partial charge < -0.3 is 10.6 Å². The average Bonchev–Trinajstić information content (AvgIpc) is 2.27. The summed E-state index contributed by atoms with van der Waals surface area (Å²) in [6.45, 7) is 11.1. The van der Waals surface area contributed by atoms with E-state index in [9.17, 15) is 4.79 Å². The molecule has 19 heavy (non-hydrogen) atoms. The second kappa shape index (κ2) is 6.71. The fourth-order valence-corrected chi connectivity index (χ4v) is 2.02. The third-order valence-electron chi connectivity index (χ3n) is 3.04. The Hall–Kier alpha value is -1.35. The van der Waals surface area contributed by atoms with Gasteiger partial charge in [-0.1, -0.05) is 24.3 Å². The van der Waals surface area contributed by atoms with E-state index >= 15 is 0 Å². The Labute approximate surface area is 116 Å². The number of nitrogens with one attached hydrogen (secondary N) is 2. The number of aryl methyl sites for hydroxylation is 1. The Morgan fingerprint density at radius 3 is 2.47 bits per heavy atom. The molecule has 0 spiro atoms. The minimum absolute atomic E-state index is 0.0575. The zero-order valence-corrected chi connectivity index (χ0v) is 12.7. The van der Waals surface area contributed by atoms with Crippen LogP contribution in [0.15, 0.2) is 24.3 Å². The molecule has 2 N–H and O–H groups in total. The number of carbonyl (C=O) groups is 1. The van der Waals surface area contributed by atoms with Gasteiger partial charge in [0.15, 0.2) is 0 Å². The summed E-state index contributed by atoms with van der Waals surface area (Å²) in [6.07, 6.45) is 0.507. The van der Waals surface area contributed by atoms with E-state index in [1.54, 1.807) is 0 Å². The van der Waals surface area contributed by atoms with Crippen molar-refractivity contribution in [2.45, 2.75) is 52.6 Å². The Balaban J connectivity index is 2.43. The van der Waals surface area contributed by atoms with Gasteiger partial charge in [-0.3, -0.25) is 4.79 Å². The number of amides is 1. The smallest absolute Gasteiger partial charge is 0.221 e.